The van der Waals surface area contributed by atoms with Crippen LogP contribution in [0, 0.1) is 11.0 Å². The summed E-state index contributed by atoms with van der Waals surface area (Å²) in [6.07, 6.45) is 3.60. The molecule has 1 unspecified atom stereocenters. The molecule has 1 atom stereocenters. The molecular weight excluding hydrogens is 515 g/mol. The van der Waals surface area contributed by atoms with Gasteiger partial charge in [-0.1, -0.05) is 11.3 Å². The summed E-state index contributed by atoms with van der Waals surface area (Å²) >= 11 is 0.682. The molecule has 3 heterocycles. The van der Waals surface area contributed by atoms with Crippen LogP contribution in [0.5, 0.6) is 5.75 Å². The quantitative estimate of drug-likeness (QED) is 0.324. The number of aromatic nitrogens is 3. The first kappa shape index (κ1) is 24.6. The largest absolute Gasteiger partial charge is 0.511 e. The van der Waals surface area contributed by atoms with Crippen molar-refractivity contribution >= 4 is 49.3 Å². The van der Waals surface area contributed by atoms with Gasteiger partial charge in [0.05, 0.1) is 28.1 Å². The predicted molar refractivity (Wildman–Crippen MR) is 126 cm³/mol. The summed E-state index contributed by atoms with van der Waals surface area (Å²) in [5.74, 6) is -0.574. The fourth-order valence-corrected chi connectivity index (χ4v) is 6.81. The smallest absolute Gasteiger partial charge is 0.449 e. The second kappa shape index (κ2) is 9.75. The van der Waals surface area contributed by atoms with Gasteiger partial charge in [-0.3, -0.25) is 9.48 Å². The van der Waals surface area contributed by atoms with E-state index < -0.39 is 38.3 Å². The minimum absolute atomic E-state index is 0.0813. The number of rotatable bonds is 8. The summed E-state index contributed by atoms with van der Waals surface area (Å²) < 4.78 is 51.4. The van der Waals surface area contributed by atoms with Gasteiger partial charge in [0.1, 0.15) is 11.8 Å². The lowest BCUT2D eigenvalue weighted by atomic mass is 9.92. The zero-order valence-corrected chi connectivity index (χ0v) is 20.6. The number of hydrogen-bond acceptors (Lipinski definition) is 9. The molecule has 2 aromatic heterocycles. The number of benzene rings is 1. The summed E-state index contributed by atoms with van der Waals surface area (Å²) in [6.45, 7) is 1.11. The van der Waals surface area contributed by atoms with Crippen LogP contribution in [0.4, 0.5) is 14.3 Å². The number of fused-ring (bicyclic) bond motifs is 1. The van der Waals surface area contributed by atoms with E-state index in [9.17, 15) is 22.4 Å². The third kappa shape index (κ3) is 5.06. The molecule has 1 aliphatic carbocycles. The highest BCUT2D eigenvalue weighted by Gasteiger charge is 2.39. The number of hydrogen-bond donors (Lipinski definition) is 2. The van der Waals surface area contributed by atoms with Crippen LogP contribution in [0.2, 0.25) is 0 Å². The van der Waals surface area contributed by atoms with E-state index in [0.717, 1.165) is 19.0 Å². The number of ether oxygens (including phenoxy) is 2. The van der Waals surface area contributed by atoms with E-state index >= 15 is 0 Å². The maximum atomic E-state index is 13.5. The standard InChI is InChI=1S/C22H23FN4O7S2/c23-19-11-24-21(35-19)26-20(28)17(7-12-3-5-33-6-4-12)27-16-8-13(34-22(29)30)9-18(15(16)10-25-27)36(31,32)14-1-2-14/h8-12,14,17H,1-7H2,(H,29,30)(H,24,26,28). The molecule has 0 radical (unpaired) electrons. The van der Waals surface area contributed by atoms with Crippen LogP contribution >= 0.6 is 11.3 Å². The van der Waals surface area contributed by atoms with Crippen LogP contribution < -0.4 is 10.1 Å². The summed E-state index contributed by atoms with van der Waals surface area (Å²) in [5, 5.41) is 15.4. The van der Waals surface area contributed by atoms with Gasteiger partial charge in [0.15, 0.2) is 20.1 Å². The normalized spacial score (nSPS) is 17.7. The topological polar surface area (TPSA) is 150 Å². The van der Waals surface area contributed by atoms with Crippen molar-refractivity contribution in [2.75, 3.05) is 18.5 Å². The van der Waals surface area contributed by atoms with E-state index in [1.807, 2.05) is 0 Å². The van der Waals surface area contributed by atoms with Gasteiger partial charge < -0.3 is 19.9 Å². The summed E-state index contributed by atoms with van der Waals surface area (Å²) in [5.41, 5.74) is 0.241. The Morgan fingerprint density at radius 1 is 1.25 bits per heavy atom. The second-order valence-electron chi connectivity index (χ2n) is 8.82. The molecule has 2 fully saturated rings. The SMILES string of the molecule is O=C(O)Oc1cc(S(=O)(=O)C2CC2)c2cnn(C(CC3CCOCC3)C(=O)Nc3ncc(F)s3)c2c1. The molecule has 14 heteroatoms. The Hall–Kier alpha value is -3.10. The van der Waals surface area contributed by atoms with Gasteiger partial charge in [-0.15, -0.1) is 0 Å². The zero-order valence-electron chi connectivity index (χ0n) is 18.9. The number of carboxylic acid groups (broad SMARTS) is 1. The van der Waals surface area contributed by atoms with Crippen molar-refractivity contribution in [3.05, 3.63) is 29.7 Å². The molecule has 1 amide bonds. The van der Waals surface area contributed by atoms with E-state index in [1.54, 1.807) is 0 Å². The first-order valence-electron chi connectivity index (χ1n) is 11.4. The zero-order chi connectivity index (χ0) is 25.4. The molecule has 1 aromatic carbocycles. The van der Waals surface area contributed by atoms with Gasteiger partial charge in [-0.25, -0.2) is 18.2 Å². The maximum absolute atomic E-state index is 13.5. The number of carbonyl (C=O) groups is 2. The highest BCUT2D eigenvalue weighted by molar-refractivity contribution is 7.92. The molecular formula is C22H23FN4O7S2. The fraction of sp³-hybridized carbons (Fsp3) is 0.455. The Morgan fingerprint density at radius 3 is 2.64 bits per heavy atom. The molecule has 2 aliphatic rings. The van der Waals surface area contributed by atoms with Gasteiger partial charge >= 0.3 is 6.16 Å². The Morgan fingerprint density at radius 2 is 2.00 bits per heavy atom. The summed E-state index contributed by atoms with van der Waals surface area (Å²) in [7, 11) is -3.75. The lowest BCUT2D eigenvalue weighted by Crippen LogP contribution is -2.30. The van der Waals surface area contributed by atoms with Crippen LogP contribution in [-0.4, -0.2) is 58.8 Å². The first-order chi connectivity index (χ1) is 17.2. The van der Waals surface area contributed by atoms with Gasteiger partial charge in [0.2, 0.25) is 0 Å². The predicted octanol–water partition coefficient (Wildman–Crippen LogP) is 3.62. The second-order valence-corrected chi connectivity index (χ2v) is 12.0. The van der Waals surface area contributed by atoms with Gasteiger partial charge in [0.25, 0.3) is 5.91 Å². The van der Waals surface area contributed by atoms with E-state index in [1.165, 1.54) is 23.0 Å². The third-order valence-electron chi connectivity index (χ3n) is 6.33. The molecule has 0 bridgehead atoms. The molecule has 11 nitrogen and oxygen atoms in total. The Kier molecular flexibility index (Phi) is 6.66. The summed E-state index contributed by atoms with van der Waals surface area (Å²) in [6, 6.07) is 1.63. The minimum Gasteiger partial charge on any atom is -0.449 e. The van der Waals surface area contributed by atoms with E-state index in [2.05, 4.69) is 15.4 Å². The van der Waals surface area contributed by atoms with Crippen molar-refractivity contribution < 1.29 is 37.0 Å². The minimum atomic E-state index is -3.75. The molecule has 1 aliphatic heterocycles. The van der Waals surface area contributed by atoms with Crippen molar-refractivity contribution in [3.8, 4) is 5.75 Å². The third-order valence-corrected chi connectivity index (χ3v) is 9.33. The van der Waals surface area contributed by atoms with E-state index in [0.29, 0.717) is 43.8 Å². The molecule has 0 spiro atoms. The van der Waals surface area contributed by atoms with Crippen molar-refractivity contribution in [2.45, 2.75) is 48.3 Å². The van der Waals surface area contributed by atoms with Crippen molar-refractivity contribution in [1.82, 2.24) is 14.8 Å². The van der Waals surface area contributed by atoms with Gasteiger partial charge in [-0.2, -0.15) is 9.49 Å². The highest BCUT2D eigenvalue weighted by atomic mass is 32.2. The van der Waals surface area contributed by atoms with Crippen molar-refractivity contribution in [3.63, 3.8) is 0 Å². The number of sulfone groups is 1. The van der Waals surface area contributed by atoms with Crippen LogP contribution in [0.15, 0.2) is 29.4 Å². The number of halogens is 1. The number of anilines is 1. The number of thiazole rings is 1. The molecule has 192 valence electrons. The van der Waals surface area contributed by atoms with Gasteiger partial charge in [0, 0.05) is 30.7 Å². The Bertz CT molecular complexity index is 1410. The summed E-state index contributed by atoms with van der Waals surface area (Å²) in [4.78, 5) is 28.4. The average molecular weight is 539 g/mol. The van der Waals surface area contributed by atoms with E-state index in [4.69, 9.17) is 14.6 Å². The lowest BCUT2D eigenvalue weighted by Gasteiger charge is -2.26. The Labute approximate surface area is 209 Å². The number of nitrogens with one attached hydrogen (secondary N) is 1. The lowest BCUT2D eigenvalue weighted by molar-refractivity contribution is -0.120. The number of amides is 1. The van der Waals surface area contributed by atoms with Crippen molar-refractivity contribution in [1.29, 1.82) is 0 Å². The number of carbonyl (C=O) groups excluding carboxylic acids is 1. The molecule has 36 heavy (non-hydrogen) atoms. The molecule has 3 aromatic rings. The average Bonchev–Trinajstić information content (AvgIpc) is 3.51. The molecule has 1 saturated heterocycles. The number of nitrogens with zero attached hydrogens (tertiary/aromatic N) is 3. The monoisotopic (exact) mass is 538 g/mol. The first-order valence-corrected chi connectivity index (χ1v) is 13.7. The fourth-order valence-electron chi connectivity index (χ4n) is 4.41. The van der Waals surface area contributed by atoms with Crippen LogP contribution in [0.3, 0.4) is 0 Å². The van der Waals surface area contributed by atoms with Crippen LogP contribution in [0.1, 0.15) is 38.1 Å². The molecule has 1 saturated carbocycles. The van der Waals surface area contributed by atoms with Gasteiger partial charge in [-0.05, 0) is 38.0 Å². The van der Waals surface area contributed by atoms with Crippen molar-refractivity contribution in [2.24, 2.45) is 5.92 Å². The molecule has 5 rings (SSSR count). The Balaban J connectivity index is 1.59. The van der Waals surface area contributed by atoms with E-state index in [-0.39, 0.29) is 32.6 Å². The maximum Gasteiger partial charge on any atom is 0.511 e. The highest BCUT2D eigenvalue weighted by Crippen LogP contribution is 2.39. The molecule has 2 N–H and O–H groups in total. The van der Waals surface area contributed by atoms with Crippen LogP contribution in [0.25, 0.3) is 10.9 Å². The van der Waals surface area contributed by atoms with Crippen LogP contribution in [-0.2, 0) is 19.4 Å².